The van der Waals surface area contributed by atoms with E-state index in [0.717, 1.165) is 12.1 Å². The number of carboxylic acids is 1. The average molecular weight is 285 g/mol. The van der Waals surface area contributed by atoms with E-state index in [1.165, 1.54) is 4.90 Å². The predicted octanol–water partition coefficient (Wildman–Crippen LogP) is 1.28. The molecule has 108 valence electrons. The molecule has 0 unspecified atom stereocenters. The van der Waals surface area contributed by atoms with E-state index in [-0.39, 0.29) is 12.3 Å². The molecule has 0 aliphatic carbocycles. The molecule has 7 heteroatoms. The molecule has 0 spiro atoms. The van der Waals surface area contributed by atoms with Crippen LogP contribution < -0.4 is 4.74 Å². The molecule has 0 aromatic heterocycles. The van der Waals surface area contributed by atoms with Gasteiger partial charge in [0.15, 0.2) is 18.2 Å². The monoisotopic (exact) mass is 285 g/mol. The van der Waals surface area contributed by atoms with Gasteiger partial charge >= 0.3 is 5.97 Å². The topological polar surface area (TPSA) is 66.8 Å². The summed E-state index contributed by atoms with van der Waals surface area (Å²) >= 11 is 0. The minimum atomic E-state index is -0.939. The first-order valence-electron chi connectivity index (χ1n) is 6.06. The van der Waals surface area contributed by atoms with Crippen LogP contribution in [0.15, 0.2) is 18.2 Å². The zero-order chi connectivity index (χ0) is 14.7. The second-order valence-corrected chi connectivity index (χ2v) is 4.53. The highest BCUT2D eigenvalue weighted by Gasteiger charge is 2.30. The Morgan fingerprint density at radius 1 is 1.40 bits per heavy atom. The molecule has 1 aliphatic rings. The van der Waals surface area contributed by atoms with Gasteiger partial charge in [-0.2, -0.15) is 0 Å². The minimum Gasteiger partial charge on any atom is -0.481 e. The van der Waals surface area contributed by atoms with Crippen LogP contribution in [-0.2, 0) is 9.59 Å². The summed E-state index contributed by atoms with van der Waals surface area (Å²) in [6.07, 6.45) is 0.395. The van der Waals surface area contributed by atoms with Gasteiger partial charge in [-0.1, -0.05) is 0 Å². The van der Waals surface area contributed by atoms with E-state index in [4.69, 9.17) is 9.84 Å². The summed E-state index contributed by atoms with van der Waals surface area (Å²) in [5.74, 6) is -3.76. The molecule has 0 saturated carbocycles. The van der Waals surface area contributed by atoms with Crippen molar-refractivity contribution in [2.45, 2.75) is 6.42 Å². The lowest BCUT2D eigenvalue weighted by atomic mass is 10.1. The number of rotatable bonds is 4. The normalized spacial score (nSPS) is 18.1. The van der Waals surface area contributed by atoms with E-state index in [9.17, 15) is 18.4 Å². The number of likely N-dealkylation sites (tertiary alicyclic amines) is 1. The Balaban J connectivity index is 1.88. The van der Waals surface area contributed by atoms with Crippen molar-refractivity contribution in [3.05, 3.63) is 29.8 Å². The lowest BCUT2D eigenvalue weighted by molar-refractivity contribution is -0.141. The van der Waals surface area contributed by atoms with E-state index < -0.39 is 36.0 Å². The molecule has 1 N–H and O–H groups in total. The van der Waals surface area contributed by atoms with Crippen LogP contribution in [0.25, 0.3) is 0 Å². The molecular formula is C13H13F2NO4. The fraction of sp³-hybridized carbons (Fsp3) is 0.385. The average Bonchev–Trinajstić information content (AvgIpc) is 2.87. The molecule has 1 aromatic carbocycles. The van der Waals surface area contributed by atoms with Gasteiger partial charge in [0.05, 0.1) is 5.92 Å². The van der Waals surface area contributed by atoms with Crippen LogP contribution >= 0.6 is 0 Å². The molecule has 1 amide bonds. The van der Waals surface area contributed by atoms with E-state index >= 15 is 0 Å². The molecule has 1 aromatic rings. The summed E-state index contributed by atoms with van der Waals surface area (Å²) in [5.41, 5.74) is 0. The molecule has 0 radical (unpaired) electrons. The third-order valence-corrected chi connectivity index (χ3v) is 3.14. The van der Waals surface area contributed by atoms with Crippen molar-refractivity contribution < 1.29 is 28.2 Å². The highest BCUT2D eigenvalue weighted by Crippen LogP contribution is 2.19. The highest BCUT2D eigenvalue weighted by molar-refractivity contribution is 5.80. The predicted molar refractivity (Wildman–Crippen MR) is 64.2 cm³/mol. The molecule has 1 heterocycles. The summed E-state index contributed by atoms with van der Waals surface area (Å²) in [6, 6.07) is 2.79. The molecule has 20 heavy (non-hydrogen) atoms. The number of carbonyl (C=O) groups excluding carboxylic acids is 1. The van der Waals surface area contributed by atoms with Crippen molar-refractivity contribution in [2.24, 2.45) is 5.92 Å². The maximum Gasteiger partial charge on any atom is 0.308 e. The van der Waals surface area contributed by atoms with Crippen molar-refractivity contribution in [1.29, 1.82) is 0 Å². The van der Waals surface area contributed by atoms with Gasteiger partial charge in [0.1, 0.15) is 5.82 Å². The number of ether oxygens (including phenoxy) is 1. The summed E-state index contributed by atoms with van der Waals surface area (Å²) < 4.78 is 30.9. The molecule has 2 rings (SSSR count). The lowest BCUT2D eigenvalue weighted by Gasteiger charge is -2.16. The van der Waals surface area contributed by atoms with Crippen molar-refractivity contribution in [1.82, 2.24) is 4.90 Å². The van der Waals surface area contributed by atoms with Gasteiger partial charge in [-0.3, -0.25) is 9.59 Å². The zero-order valence-corrected chi connectivity index (χ0v) is 10.5. The first kappa shape index (κ1) is 14.2. The number of nitrogens with zero attached hydrogens (tertiary/aromatic N) is 1. The van der Waals surface area contributed by atoms with E-state index in [1.54, 1.807) is 0 Å². The third-order valence-electron chi connectivity index (χ3n) is 3.14. The number of carboxylic acid groups (broad SMARTS) is 1. The first-order chi connectivity index (χ1) is 9.47. The quantitative estimate of drug-likeness (QED) is 0.905. The van der Waals surface area contributed by atoms with Crippen LogP contribution in [0.1, 0.15) is 6.42 Å². The Kier molecular flexibility index (Phi) is 4.16. The third kappa shape index (κ3) is 3.23. The maximum absolute atomic E-state index is 13.3. The number of hydrogen-bond acceptors (Lipinski definition) is 3. The number of benzene rings is 1. The molecular weight excluding hydrogens is 272 g/mol. The Hall–Kier alpha value is -2.18. The number of hydrogen-bond donors (Lipinski definition) is 1. The second kappa shape index (κ2) is 5.85. The molecule has 1 saturated heterocycles. The second-order valence-electron chi connectivity index (χ2n) is 4.53. The van der Waals surface area contributed by atoms with Crippen LogP contribution in [0.3, 0.4) is 0 Å². The van der Waals surface area contributed by atoms with Crippen LogP contribution in [0.2, 0.25) is 0 Å². The van der Waals surface area contributed by atoms with E-state index in [1.807, 2.05) is 0 Å². The molecule has 1 fully saturated rings. The van der Waals surface area contributed by atoms with Gasteiger partial charge in [0.2, 0.25) is 0 Å². The SMILES string of the molecule is O=C(O)[C@@H]1CCN(C(=O)COc2ccc(F)cc2F)C1. The maximum atomic E-state index is 13.3. The molecule has 0 bridgehead atoms. The summed E-state index contributed by atoms with van der Waals surface area (Å²) in [7, 11) is 0. The minimum absolute atomic E-state index is 0.128. The number of halogens is 2. The molecule has 5 nitrogen and oxygen atoms in total. The fourth-order valence-corrected chi connectivity index (χ4v) is 2.01. The largest absolute Gasteiger partial charge is 0.481 e. The van der Waals surface area contributed by atoms with Crippen LogP contribution in [0.5, 0.6) is 5.75 Å². The van der Waals surface area contributed by atoms with Crippen LogP contribution in [0, 0.1) is 17.6 Å². The fourth-order valence-electron chi connectivity index (χ4n) is 2.01. The van der Waals surface area contributed by atoms with E-state index in [0.29, 0.717) is 19.0 Å². The van der Waals surface area contributed by atoms with Crippen molar-refractivity contribution in [3.63, 3.8) is 0 Å². The first-order valence-corrected chi connectivity index (χ1v) is 6.06. The summed E-state index contributed by atoms with van der Waals surface area (Å²) in [6.45, 7) is 0.0589. The standard InChI is InChI=1S/C13H13F2NO4/c14-9-1-2-11(10(15)5-9)20-7-12(17)16-4-3-8(6-16)13(18)19/h1-2,5,8H,3-4,6-7H2,(H,18,19)/t8-/m1/s1. The van der Waals surface area contributed by atoms with Gasteiger partial charge in [-0.25, -0.2) is 8.78 Å². The van der Waals surface area contributed by atoms with Crippen molar-refractivity contribution in [2.75, 3.05) is 19.7 Å². The Morgan fingerprint density at radius 3 is 2.75 bits per heavy atom. The van der Waals surface area contributed by atoms with Gasteiger partial charge in [-0.05, 0) is 18.6 Å². The number of carbonyl (C=O) groups is 2. The Morgan fingerprint density at radius 2 is 2.15 bits per heavy atom. The Bertz CT molecular complexity index is 535. The van der Waals surface area contributed by atoms with Gasteiger partial charge < -0.3 is 14.7 Å². The number of amides is 1. The van der Waals surface area contributed by atoms with Gasteiger partial charge in [-0.15, -0.1) is 0 Å². The smallest absolute Gasteiger partial charge is 0.308 e. The number of aliphatic carboxylic acids is 1. The zero-order valence-electron chi connectivity index (χ0n) is 10.5. The molecule has 1 atom stereocenters. The Labute approximate surface area is 113 Å². The van der Waals surface area contributed by atoms with Crippen LogP contribution in [-0.4, -0.2) is 41.6 Å². The van der Waals surface area contributed by atoms with Gasteiger partial charge in [0, 0.05) is 19.2 Å². The van der Waals surface area contributed by atoms with E-state index in [2.05, 4.69) is 0 Å². The van der Waals surface area contributed by atoms with Gasteiger partial charge in [0.25, 0.3) is 5.91 Å². The van der Waals surface area contributed by atoms with Crippen molar-refractivity contribution >= 4 is 11.9 Å². The summed E-state index contributed by atoms with van der Waals surface area (Å²) in [5, 5.41) is 8.83. The molecule has 1 aliphatic heterocycles. The van der Waals surface area contributed by atoms with Crippen molar-refractivity contribution in [3.8, 4) is 5.75 Å². The lowest BCUT2D eigenvalue weighted by Crippen LogP contribution is -2.33. The van der Waals surface area contributed by atoms with Crippen LogP contribution in [0.4, 0.5) is 8.78 Å². The summed E-state index contributed by atoms with van der Waals surface area (Å²) in [4.78, 5) is 23.9. The highest BCUT2D eigenvalue weighted by atomic mass is 19.1.